The van der Waals surface area contributed by atoms with Gasteiger partial charge < -0.3 is 15.4 Å². The van der Waals surface area contributed by atoms with Gasteiger partial charge in [0.25, 0.3) is 5.91 Å². The van der Waals surface area contributed by atoms with Gasteiger partial charge in [-0.2, -0.15) is 8.78 Å². The van der Waals surface area contributed by atoms with Crippen LogP contribution in [0.2, 0.25) is 0 Å². The summed E-state index contributed by atoms with van der Waals surface area (Å²) in [7, 11) is 0. The number of halogens is 3. The molecule has 156 valence electrons. The van der Waals surface area contributed by atoms with Crippen molar-refractivity contribution in [2.24, 2.45) is 5.92 Å². The highest BCUT2D eigenvalue weighted by atomic mass is 19.3. The minimum atomic E-state index is -3.17. The fraction of sp³-hybridized carbons (Fsp3) is 0.579. The molecule has 2 amide bonds. The third-order valence-corrected chi connectivity index (χ3v) is 4.16. The van der Waals surface area contributed by atoms with Crippen molar-refractivity contribution in [2.45, 2.75) is 39.3 Å². The number of amides is 2. The van der Waals surface area contributed by atoms with Gasteiger partial charge in [0.2, 0.25) is 5.91 Å². The number of benzene rings is 1. The van der Waals surface area contributed by atoms with Gasteiger partial charge in [0, 0.05) is 30.7 Å². The molecule has 0 spiro atoms. The summed E-state index contributed by atoms with van der Waals surface area (Å²) in [4.78, 5) is 26.0. The lowest BCUT2D eigenvalue weighted by Gasteiger charge is -2.39. The van der Waals surface area contributed by atoms with Gasteiger partial charge in [0.1, 0.15) is 0 Å². The molecule has 28 heavy (non-hydrogen) atoms. The molecule has 0 bridgehead atoms. The van der Waals surface area contributed by atoms with Crippen molar-refractivity contribution in [2.75, 3.05) is 26.2 Å². The van der Waals surface area contributed by atoms with Crippen molar-refractivity contribution in [1.29, 1.82) is 0 Å². The molecule has 1 aliphatic rings. The van der Waals surface area contributed by atoms with Gasteiger partial charge in [0.15, 0.2) is 11.6 Å². The number of likely N-dealkylation sites (tertiary alicyclic amines) is 1. The second kappa shape index (κ2) is 9.27. The first-order valence-electron chi connectivity index (χ1n) is 9.09. The Labute approximate surface area is 162 Å². The highest BCUT2D eigenvalue weighted by Crippen LogP contribution is 2.21. The Kier molecular flexibility index (Phi) is 7.29. The molecule has 1 heterocycles. The Morgan fingerprint density at radius 3 is 2.57 bits per heavy atom. The molecule has 1 fully saturated rings. The maximum Gasteiger partial charge on any atom is 0.387 e. The molecular weight excluding hydrogens is 375 g/mol. The SMILES string of the molecule is CC(C)(C)NC(=O)CN1CC(CCNC(=O)c2ccc(F)c(OC(F)F)c2)C1. The number of hydrogen-bond acceptors (Lipinski definition) is 4. The molecular formula is C19H26F3N3O3. The molecule has 1 aromatic rings. The minimum absolute atomic E-state index is 0.0163. The molecule has 0 unspecified atom stereocenters. The van der Waals surface area contributed by atoms with Crippen molar-refractivity contribution in [3.05, 3.63) is 29.6 Å². The van der Waals surface area contributed by atoms with Crippen LogP contribution in [0.25, 0.3) is 0 Å². The van der Waals surface area contributed by atoms with Crippen LogP contribution >= 0.6 is 0 Å². The number of carbonyl (C=O) groups excluding carboxylic acids is 2. The summed E-state index contributed by atoms with van der Waals surface area (Å²) in [5, 5.41) is 5.59. The lowest BCUT2D eigenvalue weighted by atomic mass is 9.96. The molecule has 2 rings (SSSR count). The predicted octanol–water partition coefficient (Wildman–Crippen LogP) is 2.39. The molecule has 0 aliphatic carbocycles. The van der Waals surface area contributed by atoms with E-state index in [0.29, 0.717) is 19.0 Å². The first kappa shape index (κ1) is 22.0. The number of alkyl halides is 2. The number of rotatable bonds is 8. The highest BCUT2D eigenvalue weighted by molar-refractivity contribution is 5.94. The van der Waals surface area contributed by atoms with Gasteiger partial charge in [-0.15, -0.1) is 0 Å². The topological polar surface area (TPSA) is 70.7 Å². The van der Waals surface area contributed by atoms with E-state index in [-0.39, 0.29) is 17.0 Å². The lowest BCUT2D eigenvalue weighted by Crippen LogP contribution is -2.53. The van der Waals surface area contributed by atoms with E-state index in [0.717, 1.165) is 31.6 Å². The van der Waals surface area contributed by atoms with Crippen LogP contribution in [0.4, 0.5) is 13.2 Å². The summed E-state index contributed by atoms with van der Waals surface area (Å²) in [5.41, 5.74) is -0.210. The van der Waals surface area contributed by atoms with E-state index >= 15 is 0 Å². The predicted molar refractivity (Wildman–Crippen MR) is 97.8 cm³/mol. The van der Waals surface area contributed by atoms with Gasteiger partial charge in [-0.25, -0.2) is 4.39 Å². The van der Waals surface area contributed by atoms with E-state index in [9.17, 15) is 22.8 Å². The zero-order valence-electron chi connectivity index (χ0n) is 16.2. The Balaban J connectivity index is 1.69. The van der Waals surface area contributed by atoms with Crippen LogP contribution < -0.4 is 15.4 Å². The van der Waals surface area contributed by atoms with Gasteiger partial charge in [-0.1, -0.05) is 0 Å². The number of nitrogens with one attached hydrogen (secondary N) is 2. The second-order valence-corrected chi connectivity index (χ2v) is 7.93. The zero-order chi connectivity index (χ0) is 20.9. The summed E-state index contributed by atoms with van der Waals surface area (Å²) in [6.07, 6.45) is 0.727. The van der Waals surface area contributed by atoms with Crippen molar-refractivity contribution in [1.82, 2.24) is 15.5 Å². The maximum absolute atomic E-state index is 13.4. The van der Waals surface area contributed by atoms with E-state index in [4.69, 9.17) is 0 Å². The van der Waals surface area contributed by atoms with Gasteiger partial charge in [-0.05, 0) is 51.3 Å². The lowest BCUT2D eigenvalue weighted by molar-refractivity contribution is -0.125. The van der Waals surface area contributed by atoms with Crippen molar-refractivity contribution >= 4 is 11.8 Å². The second-order valence-electron chi connectivity index (χ2n) is 7.93. The third kappa shape index (κ3) is 7.03. The molecule has 0 atom stereocenters. The highest BCUT2D eigenvalue weighted by Gasteiger charge is 2.28. The Bertz CT molecular complexity index is 701. The normalized spacial score (nSPS) is 15.2. The Morgan fingerprint density at radius 2 is 1.96 bits per heavy atom. The summed E-state index contributed by atoms with van der Waals surface area (Å²) in [6.45, 7) is 4.91. The summed E-state index contributed by atoms with van der Waals surface area (Å²) in [5.74, 6) is -1.75. The third-order valence-electron chi connectivity index (χ3n) is 4.16. The Morgan fingerprint density at radius 1 is 1.29 bits per heavy atom. The van der Waals surface area contributed by atoms with Crippen LogP contribution in [0.15, 0.2) is 18.2 Å². The van der Waals surface area contributed by atoms with Crippen LogP contribution in [0.3, 0.4) is 0 Å². The number of carbonyl (C=O) groups is 2. The minimum Gasteiger partial charge on any atom is -0.432 e. The molecule has 1 saturated heterocycles. The average Bonchev–Trinajstić information content (AvgIpc) is 2.52. The van der Waals surface area contributed by atoms with Crippen LogP contribution in [-0.4, -0.2) is 55.0 Å². The monoisotopic (exact) mass is 401 g/mol. The van der Waals surface area contributed by atoms with Crippen molar-refractivity contribution < 1.29 is 27.5 Å². The van der Waals surface area contributed by atoms with Gasteiger partial charge in [-0.3, -0.25) is 14.5 Å². The molecule has 0 aromatic heterocycles. The van der Waals surface area contributed by atoms with Crippen molar-refractivity contribution in [3.63, 3.8) is 0 Å². The fourth-order valence-corrected chi connectivity index (χ4v) is 2.97. The Hall–Kier alpha value is -2.29. The van der Waals surface area contributed by atoms with Crippen LogP contribution in [0, 0.1) is 11.7 Å². The van der Waals surface area contributed by atoms with Gasteiger partial charge in [0.05, 0.1) is 6.54 Å². The zero-order valence-corrected chi connectivity index (χ0v) is 16.2. The largest absolute Gasteiger partial charge is 0.432 e. The quantitative estimate of drug-likeness (QED) is 0.702. The fourth-order valence-electron chi connectivity index (χ4n) is 2.97. The average molecular weight is 401 g/mol. The smallest absolute Gasteiger partial charge is 0.387 e. The molecule has 9 heteroatoms. The summed E-state index contributed by atoms with van der Waals surface area (Å²) in [6, 6.07) is 3.08. The van der Waals surface area contributed by atoms with E-state index in [1.807, 2.05) is 25.7 Å². The molecule has 1 aliphatic heterocycles. The van der Waals surface area contributed by atoms with E-state index in [2.05, 4.69) is 15.4 Å². The molecule has 0 radical (unpaired) electrons. The first-order chi connectivity index (χ1) is 13.0. The maximum atomic E-state index is 13.4. The van der Waals surface area contributed by atoms with Crippen LogP contribution in [0.5, 0.6) is 5.75 Å². The van der Waals surface area contributed by atoms with Crippen LogP contribution in [-0.2, 0) is 4.79 Å². The standard InChI is InChI=1S/C19H26F3N3O3/c1-19(2,3)24-16(26)11-25-9-12(10-25)6-7-23-17(27)13-4-5-14(20)15(8-13)28-18(21)22/h4-5,8,12,18H,6-7,9-11H2,1-3H3,(H,23,27)(H,24,26). The summed E-state index contributed by atoms with van der Waals surface area (Å²) >= 11 is 0. The summed E-state index contributed by atoms with van der Waals surface area (Å²) < 4.78 is 41.9. The van der Waals surface area contributed by atoms with Crippen LogP contribution in [0.1, 0.15) is 37.6 Å². The number of nitrogens with zero attached hydrogens (tertiary/aromatic N) is 1. The number of ether oxygens (including phenoxy) is 1. The number of hydrogen-bond donors (Lipinski definition) is 2. The molecule has 0 saturated carbocycles. The molecule has 1 aromatic carbocycles. The van der Waals surface area contributed by atoms with E-state index in [1.54, 1.807) is 0 Å². The van der Waals surface area contributed by atoms with Crippen molar-refractivity contribution in [3.8, 4) is 5.75 Å². The molecule has 2 N–H and O–H groups in total. The molecule has 6 nitrogen and oxygen atoms in total. The van der Waals surface area contributed by atoms with Gasteiger partial charge >= 0.3 is 6.61 Å². The van der Waals surface area contributed by atoms with E-state index in [1.165, 1.54) is 6.07 Å². The van der Waals surface area contributed by atoms with E-state index < -0.39 is 24.1 Å². The first-order valence-corrected chi connectivity index (χ1v) is 9.09.